The van der Waals surface area contributed by atoms with Crippen LogP contribution >= 0.6 is 12.2 Å². The maximum Gasteiger partial charge on any atom is 0.0899 e. The van der Waals surface area contributed by atoms with E-state index in [4.69, 9.17) is 18.0 Å². The van der Waals surface area contributed by atoms with Gasteiger partial charge in [-0.2, -0.15) is 0 Å². The van der Waals surface area contributed by atoms with Crippen LogP contribution in [0.4, 0.5) is 0 Å². The molecule has 3 unspecified atom stereocenters. The number of likely N-dealkylation sites (tertiary alicyclic amines) is 1. The van der Waals surface area contributed by atoms with Crippen molar-refractivity contribution in [3.63, 3.8) is 0 Å². The number of thiocarbonyl (C=S) groups is 1. The van der Waals surface area contributed by atoms with E-state index < -0.39 is 0 Å². The monoisotopic (exact) mass is 227 g/mol. The van der Waals surface area contributed by atoms with Crippen LogP contribution in [0.2, 0.25) is 0 Å². The zero-order chi connectivity index (χ0) is 11.0. The molecule has 2 rings (SSSR count). The van der Waals surface area contributed by atoms with Crippen molar-refractivity contribution in [3.8, 4) is 0 Å². The van der Waals surface area contributed by atoms with E-state index in [1.807, 2.05) is 0 Å². The first kappa shape index (κ1) is 11.3. The summed E-state index contributed by atoms with van der Waals surface area (Å²) in [4.78, 5) is 5.63. The van der Waals surface area contributed by atoms with Crippen molar-refractivity contribution in [2.75, 3.05) is 20.1 Å². The van der Waals surface area contributed by atoms with Crippen LogP contribution in [0.25, 0.3) is 0 Å². The molecule has 0 aromatic heterocycles. The molecule has 2 bridgehead atoms. The Morgan fingerprint density at radius 1 is 1.33 bits per heavy atom. The maximum atomic E-state index is 5.73. The second-order valence-electron chi connectivity index (χ2n) is 4.91. The summed E-state index contributed by atoms with van der Waals surface area (Å²) in [6, 6.07) is 1.76. The Hall–Kier alpha value is -0.190. The molecule has 2 heterocycles. The van der Waals surface area contributed by atoms with Gasteiger partial charge in [-0.15, -0.1) is 0 Å². The molecule has 2 aliphatic heterocycles. The summed E-state index contributed by atoms with van der Waals surface area (Å²) in [7, 11) is 2.26. The molecule has 2 saturated heterocycles. The molecule has 3 atom stereocenters. The largest absolute Gasteiger partial charge is 0.392 e. The molecular weight excluding hydrogens is 206 g/mol. The third-order valence-electron chi connectivity index (χ3n) is 4.14. The van der Waals surface area contributed by atoms with Gasteiger partial charge in [-0.05, 0) is 33.2 Å². The van der Waals surface area contributed by atoms with Crippen molar-refractivity contribution < 1.29 is 0 Å². The van der Waals surface area contributed by atoms with Gasteiger partial charge < -0.3 is 5.73 Å². The van der Waals surface area contributed by atoms with Gasteiger partial charge in [-0.3, -0.25) is 9.80 Å². The number of nitrogens with two attached hydrogens (primary N) is 1. The second-order valence-corrected chi connectivity index (χ2v) is 5.38. The molecule has 0 radical (unpaired) electrons. The molecule has 0 saturated carbocycles. The van der Waals surface area contributed by atoms with Gasteiger partial charge in [0, 0.05) is 25.2 Å². The van der Waals surface area contributed by atoms with Crippen molar-refractivity contribution in [1.29, 1.82) is 0 Å². The highest BCUT2D eigenvalue weighted by Gasteiger charge is 2.35. The molecule has 2 aliphatic rings. The predicted molar refractivity (Wildman–Crippen MR) is 67.0 cm³/mol. The number of likely N-dealkylation sites (N-methyl/N-ethyl adjacent to an activating group) is 1. The highest BCUT2D eigenvalue weighted by Crippen LogP contribution is 2.29. The molecule has 0 amide bonds. The Kier molecular flexibility index (Phi) is 3.28. The minimum Gasteiger partial charge on any atom is -0.392 e. The van der Waals surface area contributed by atoms with Gasteiger partial charge in [-0.25, -0.2) is 0 Å². The normalized spacial score (nSPS) is 35.1. The van der Waals surface area contributed by atoms with E-state index in [0.29, 0.717) is 11.0 Å². The lowest BCUT2D eigenvalue weighted by atomic mass is 10.1. The zero-order valence-electron chi connectivity index (χ0n) is 9.65. The first-order valence-corrected chi connectivity index (χ1v) is 6.25. The van der Waals surface area contributed by atoms with Crippen molar-refractivity contribution in [3.05, 3.63) is 0 Å². The summed E-state index contributed by atoms with van der Waals surface area (Å²) in [5.41, 5.74) is 5.73. The molecule has 0 spiro atoms. The fraction of sp³-hybridized carbons (Fsp3) is 0.909. The summed E-state index contributed by atoms with van der Waals surface area (Å²) in [5.74, 6) is 0. The van der Waals surface area contributed by atoms with Crippen molar-refractivity contribution in [2.24, 2.45) is 5.73 Å². The van der Waals surface area contributed by atoms with Gasteiger partial charge >= 0.3 is 0 Å². The van der Waals surface area contributed by atoms with Crippen LogP contribution in [0.5, 0.6) is 0 Å². The highest BCUT2D eigenvalue weighted by atomic mass is 32.1. The molecular formula is C11H21N3S. The van der Waals surface area contributed by atoms with E-state index in [0.717, 1.165) is 19.1 Å². The highest BCUT2D eigenvalue weighted by molar-refractivity contribution is 7.80. The Labute approximate surface area is 97.6 Å². The van der Waals surface area contributed by atoms with Crippen molar-refractivity contribution in [2.45, 2.75) is 44.3 Å². The van der Waals surface area contributed by atoms with E-state index in [2.05, 4.69) is 23.8 Å². The van der Waals surface area contributed by atoms with E-state index in [1.165, 1.54) is 19.3 Å². The molecule has 86 valence electrons. The smallest absolute Gasteiger partial charge is 0.0899 e. The third-order valence-corrected chi connectivity index (χ3v) is 4.48. The summed E-state index contributed by atoms with van der Waals surface area (Å²) >= 11 is 5.08. The summed E-state index contributed by atoms with van der Waals surface area (Å²) in [6.45, 7) is 4.40. The number of hydrogen-bond donors (Lipinski definition) is 1. The van der Waals surface area contributed by atoms with Crippen LogP contribution in [0.1, 0.15) is 26.2 Å². The predicted octanol–water partition coefficient (Wildman–Crippen LogP) is 0.829. The molecule has 2 fully saturated rings. The fourth-order valence-electron chi connectivity index (χ4n) is 2.87. The first-order chi connectivity index (χ1) is 7.09. The Morgan fingerprint density at radius 3 is 2.67 bits per heavy atom. The van der Waals surface area contributed by atoms with Gasteiger partial charge in [0.25, 0.3) is 0 Å². The number of rotatable bonds is 2. The fourth-order valence-corrected chi connectivity index (χ4v) is 3.02. The van der Waals surface area contributed by atoms with Crippen LogP contribution in [-0.2, 0) is 0 Å². The zero-order valence-corrected chi connectivity index (χ0v) is 10.5. The SMILES string of the molecule is CC(C(N)=S)N1CCC2CCC(C1)N2C. The minimum atomic E-state index is 0.257. The van der Waals surface area contributed by atoms with Gasteiger partial charge in [0.2, 0.25) is 0 Å². The van der Waals surface area contributed by atoms with E-state index >= 15 is 0 Å². The molecule has 0 aliphatic carbocycles. The van der Waals surface area contributed by atoms with E-state index in [1.54, 1.807) is 0 Å². The first-order valence-electron chi connectivity index (χ1n) is 5.85. The standard InChI is InChI=1S/C11H21N3S/c1-8(11(12)15)14-6-5-9-3-4-10(7-14)13(9)2/h8-10H,3-7H2,1-2H3,(H2,12,15). The molecule has 2 N–H and O–H groups in total. The van der Waals surface area contributed by atoms with Crippen LogP contribution < -0.4 is 5.73 Å². The molecule has 0 aromatic carbocycles. The van der Waals surface area contributed by atoms with E-state index in [-0.39, 0.29) is 6.04 Å². The molecule has 3 nitrogen and oxygen atoms in total. The summed E-state index contributed by atoms with van der Waals surface area (Å²) in [6.07, 6.45) is 3.97. The Balaban J connectivity index is 2.03. The number of nitrogens with zero attached hydrogens (tertiary/aromatic N) is 2. The average molecular weight is 227 g/mol. The van der Waals surface area contributed by atoms with Gasteiger partial charge in [0.05, 0.1) is 11.0 Å². The lowest BCUT2D eigenvalue weighted by Crippen LogP contribution is -2.46. The second kappa shape index (κ2) is 4.36. The number of hydrogen-bond acceptors (Lipinski definition) is 3. The van der Waals surface area contributed by atoms with Gasteiger partial charge in [0.1, 0.15) is 0 Å². The Morgan fingerprint density at radius 2 is 2.00 bits per heavy atom. The topological polar surface area (TPSA) is 32.5 Å². The third kappa shape index (κ3) is 2.17. The summed E-state index contributed by atoms with van der Waals surface area (Å²) < 4.78 is 0. The molecule has 15 heavy (non-hydrogen) atoms. The average Bonchev–Trinajstić information content (AvgIpc) is 2.40. The van der Waals surface area contributed by atoms with E-state index in [9.17, 15) is 0 Å². The van der Waals surface area contributed by atoms with Gasteiger partial charge in [0.15, 0.2) is 0 Å². The Bertz CT molecular complexity index is 256. The molecule has 4 heteroatoms. The van der Waals surface area contributed by atoms with Crippen LogP contribution in [0.3, 0.4) is 0 Å². The molecule has 0 aromatic rings. The van der Waals surface area contributed by atoms with Gasteiger partial charge in [-0.1, -0.05) is 12.2 Å². The van der Waals surface area contributed by atoms with Crippen LogP contribution in [0, 0.1) is 0 Å². The van der Waals surface area contributed by atoms with Crippen LogP contribution in [0.15, 0.2) is 0 Å². The lowest BCUT2D eigenvalue weighted by molar-refractivity contribution is 0.209. The minimum absolute atomic E-state index is 0.257. The van der Waals surface area contributed by atoms with Crippen molar-refractivity contribution in [1.82, 2.24) is 9.80 Å². The maximum absolute atomic E-state index is 5.73. The van der Waals surface area contributed by atoms with Crippen molar-refractivity contribution >= 4 is 17.2 Å². The lowest BCUT2D eigenvalue weighted by Gasteiger charge is -2.30. The quantitative estimate of drug-likeness (QED) is 0.708. The summed E-state index contributed by atoms with van der Waals surface area (Å²) in [5, 5.41) is 0. The number of fused-ring (bicyclic) bond motifs is 2. The van der Waals surface area contributed by atoms with Crippen LogP contribution in [-0.4, -0.2) is 53.1 Å².